The highest BCUT2D eigenvalue weighted by Crippen LogP contribution is 2.38. The van der Waals surface area contributed by atoms with E-state index in [0.717, 1.165) is 5.56 Å². The van der Waals surface area contributed by atoms with E-state index in [-0.39, 0.29) is 18.4 Å². The highest BCUT2D eigenvalue weighted by molar-refractivity contribution is 5.80. The second-order valence-electron chi connectivity index (χ2n) is 5.78. The quantitative estimate of drug-likeness (QED) is 0.760. The Morgan fingerprint density at radius 2 is 1.46 bits per heavy atom. The number of carbonyl (C=O) groups excluding carboxylic acids is 2. The van der Waals surface area contributed by atoms with Gasteiger partial charge in [-0.25, -0.2) is 4.79 Å². The van der Waals surface area contributed by atoms with E-state index in [1.807, 2.05) is 0 Å². The lowest BCUT2D eigenvalue weighted by molar-refractivity contribution is -0.132. The van der Waals surface area contributed by atoms with Crippen molar-refractivity contribution in [1.29, 1.82) is 0 Å². The van der Waals surface area contributed by atoms with Gasteiger partial charge in [0.1, 0.15) is 0 Å². The van der Waals surface area contributed by atoms with Crippen LogP contribution in [0.15, 0.2) is 12.1 Å². The number of amides is 2. The summed E-state index contributed by atoms with van der Waals surface area (Å²) >= 11 is 0. The summed E-state index contributed by atoms with van der Waals surface area (Å²) in [5, 5.41) is 0. The number of piperazine rings is 1. The first-order chi connectivity index (χ1) is 12.5. The Hall–Kier alpha value is -2.64. The van der Waals surface area contributed by atoms with E-state index in [9.17, 15) is 9.59 Å². The minimum atomic E-state index is -0.329. The molecule has 1 fully saturated rings. The Bertz CT molecular complexity index is 616. The molecule has 2 amide bonds. The summed E-state index contributed by atoms with van der Waals surface area (Å²) in [6, 6.07) is 3.54. The van der Waals surface area contributed by atoms with E-state index in [0.29, 0.717) is 50.0 Å². The normalized spacial score (nSPS) is 14.0. The molecule has 0 atom stereocenters. The van der Waals surface area contributed by atoms with Crippen molar-refractivity contribution in [2.45, 2.75) is 13.3 Å². The molecule has 0 spiro atoms. The fourth-order valence-corrected chi connectivity index (χ4v) is 2.88. The van der Waals surface area contributed by atoms with Gasteiger partial charge in [0.15, 0.2) is 11.5 Å². The SMILES string of the molecule is CCOC(=O)N1CCN(C(=O)Cc2cc(OC)c(OC)c(OC)c2)CC1. The minimum Gasteiger partial charge on any atom is -0.493 e. The van der Waals surface area contributed by atoms with Gasteiger partial charge in [-0.2, -0.15) is 0 Å². The first-order valence-electron chi connectivity index (χ1n) is 8.52. The van der Waals surface area contributed by atoms with Gasteiger partial charge in [-0.3, -0.25) is 4.79 Å². The molecule has 144 valence electrons. The van der Waals surface area contributed by atoms with Crippen molar-refractivity contribution in [3.05, 3.63) is 17.7 Å². The molecule has 0 saturated carbocycles. The summed E-state index contributed by atoms with van der Waals surface area (Å²) in [5.41, 5.74) is 0.775. The van der Waals surface area contributed by atoms with Crippen LogP contribution in [0.5, 0.6) is 17.2 Å². The van der Waals surface area contributed by atoms with E-state index in [2.05, 4.69) is 0 Å². The second kappa shape index (κ2) is 9.17. The lowest BCUT2D eigenvalue weighted by atomic mass is 10.1. The summed E-state index contributed by atoms with van der Waals surface area (Å²) in [6.45, 7) is 4.04. The van der Waals surface area contributed by atoms with Gasteiger partial charge in [0.05, 0.1) is 34.4 Å². The zero-order chi connectivity index (χ0) is 19.1. The van der Waals surface area contributed by atoms with Crippen molar-refractivity contribution < 1.29 is 28.5 Å². The van der Waals surface area contributed by atoms with Crippen molar-refractivity contribution in [2.75, 3.05) is 54.1 Å². The first-order valence-corrected chi connectivity index (χ1v) is 8.52. The molecule has 1 aromatic rings. The zero-order valence-corrected chi connectivity index (χ0v) is 15.7. The van der Waals surface area contributed by atoms with E-state index in [1.165, 1.54) is 21.3 Å². The predicted molar refractivity (Wildman–Crippen MR) is 95.0 cm³/mol. The van der Waals surface area contributed by atoms with E-state index < -0.39 is 0 Å². The molecular formula is C18H26N2O6. The third-order valence-corrected chi connectivity index (χ3v) is 4.24. The zero-order valence-electron chi connectivity index (χ0n) is 15.7. The van der Waals surface area contributed by atoms with Gasteiger partial charge in [0, 0.05) is 26.2 Å². The Kier molecular flexibility index (Phi) is 6.94. The van der Waals surface area contributed by atoms with Crippen LogP contribution in [0.2, 0.25) is 0 Å². The summed E-state index contributed by atoms with van der Waals surface area (Å²) < 4.78 is 20.9. The number of hydrogen-bond acceptors (Lipinski definition) is 6. The van der Waals surface area contributed by atoms with Crippen LogP contribution in [0.1, 0.15) is 12.5 Å². The number of rotatable bonds is 6. The molecule has 0 aromatic heterocycles. The van der Waals surface area contributed by atoms with Crippen LogP contribution in [0.25, 0.3) is 0 Å². The summed E-state index contributed by atoms with van der Waals surface area (Å²) in [4.78, 5) is 27.7. The molecule has 2 rings (SSSR count). The number of methoxy groups -OCH3 is 3. The molecular weight excluding hydrogens is 340 g/mol. The molecule has 8 nitrogen and oxygen atoms in total. The van der Waals surface area contributed by atoms with Crippen LogP contribution in [-0.4, -0.2) is 75.9 Å². The maximum Gasteiger partial charge on any atom is 0.409 e. The maximum absolute atomic E-state index is 12.6. The molecule has 1 heterocycles. The number of hydrogen-bond donors (Lipinski definition) is 0. The van der Waals surface area contributed by atoms with Gasteiger partial charge in [-0.05, 0) is 24.6 Å². The minimum absolute atomic E-state index is 0.0113. The third-order valence-electron chi connectivity index (χ3n) is 4.24. The first kappa shape index (κ1) is 19.7. The topological polar surface area (TPSA) is 77.5 Å². The molecule has 0 aliphatic carbocycles. The van der Waals surface area contributed by atoms with Gasteiger partial charge in [-0.15, -0.1) is 0 Å². The molecule has 1 aliphatic heterocycles. The van der Waals surface area contributed by atoms with Gasteiger partial charge in [0.2, 0.25) is 11.7 Å². The van der Waals surface area contributed by atoms with Crippen LogP contribution in [0, 0.1) is 0 Å². The Labute approximate surface area is 153 Å². The Balaban J connectivity index is 2.01. The predicted octanol–water partition coefficient (Wildman–Crippen LogP) is 1.56. The van der Waals surface area contributed by atoms with Gasteiger partial charge in [-0.1, -0.05) is 0 Å². The lowest BCUT2D eigenvalue weighted by Crippen LogP contribution is -2.51. The van der Waals surface area contributed by atoms with E-state index in [1.54, 1.807) is 28.9 Å². The van der Waals surface area contributed by atoms with Crippen LogP contribution >= 0.6 is 0 Å². The highest BCUT2D eigenvalue weighted by atomic mass is 16.6. The average molecular weight is 366 g/mol. The fraction of sp³-hybridized carbons (Fsp3) is 0.556. The number of carbonyl (C=O) groups is 2. The van der Waals surface area contributed by atoms with Crippen molar-refractivity contribution in [3.63, 3.8) is 0 Å². The number of nitrogens with zero attached hydrogens (tertiary/aromatic N) is 2. The van der Waals surface area contributed by atoms with Crippen LogP contribution < -0.4 is 14.2 Å². The Morgan fingerprint density at radius 1 is 0.923 bits per heavy atom. The van der Waals surface area contributed by atoms with Crippen molar-refractivity contribution in [1.82, 2.24) is 9.80 Å². The van der Waals surface area contributed by atoms with Gasteiger partial charge < -0.3 is 28.7 Å². The fourth-order valence-electron chi connectivity index (χ4n) is 2.88. The standard InChI is InChI=1S/C18H26N2O6/c1-5-26-18(22)20-8-6-19(7-9-20)16(21)12-13-10-14(23-2)17(25-4)15(11-13)24-3/h10-11H,5-9,12H2,1-4H3. The van der Waals surface area contributed by atoms with Crippen LogP contribution in [-0.2, 0) is 16.0 Å². The molecule has 0 N–H and O–H groups in total. The van der Waals surface area contributed by atoms with Crippen LogP contribution in [0.4, 0.5) is 4.79 Å². The lowest BCUT2D eigenvalue weighted by Gasteiger charge is -2.34. The molecule has 0 unspecified atom stereocenters. The van der Waals surface area contributed by atoms with Crippen molar-refractivity contribution >= 4 is 12.0 Å². The third kappa shape index (κ3) is 4.50. The molecule has 0 radical (unpaired) electrons. The molecule has 0 bridgehead atoms. The Morgan fingerprint density at radius 3 is 1.92 bits per heavy atom. The van der Waals surface area contributed by atoms with Crippen LogP contribution in [0.3, 0.4) is 0 Å². The molecule has 1 saturated heterocycles. The molecule has 1 aromatic carbocycles. The van der Waals surface area contributed by atoms with Crippen molar-refractivity contribution in [2.24, 2.45) is 0 Å². The number of ether oxygens (including phenoxy) is 4. The van der Waals surface area contributed by atoms with E-state index in [4.69, 9.17) is 18.9 Å². The van der Waals surface area contributed by atoms with Gasteiger partial charge in [0.25, 0.3) is 0 Å². The molecule has 1 aliphatic rings. The monoisotopic (exact) mass is 366 g/mol. The van der Waals surface area contributed by atoms with E-state index >= 15 is 0 Å². The molecule has 26 heavy (non-hydrogen) atoms. The largest absolute Gasteiger partial charge is 0.493 e. The molecule has 8 heteroatoms. The smallest absolute Gasteiger partial charge is 0.409 e. The highest BCUT2D eigenvalue weighted by Gasteiger charge is 2.25. The number of benzene rings is 1. The summed E-state index contributed by atoms with van der Waals surface area (Å²) in [6.07, 6.45) is -0.111. The summed E-state index contributed by atoms with van der Waals surface area (Å²) in [7, 11) is 4.61. The summed E-state index contributed by atoms with van der Waals surface area (Å²) in [5.74, 6) is 1.51. The second-order valence-corrected chi connectivity index (χ2v) is 5.78. The maximum atomic E-state index is 12.6. The van der Waals surface area contributed by atoms with Crippen molar-refractivity contribution in [3.8, 4) is 17.2 Å². The van der Waals surface area contributed by atoms with Gasteiger partial charge >= 0.3 is 6.09 Å². The average Bonchev–Trinajstić information content (AvgIpc) is 2.67.